The van der Waals surface area contributed by atoms with Gasteiger partial charge in [-0.3, -0.25) is 0 Å². The van der Waals surface area contributed by atoms with Gasteiger partial charge in [0.25, 0.3) is 0 Å². The Bertz CT molecular complexity index is 150. The summed E-state index contributed by atoms with van der Waals surface area (Å²) in [5, 5.41) is 0. The van der Waals surface area contributed by atoms with E-state index in [1.165, 1.54) is 12.8 Å². The van der Waals surface area contributed by atoms with Crippen molar-refractivity contribution in [2.75, 3.05) is 13.2 Å². The zero-order chi connectivity index (χ0) is 10.8. The predicted octanol–water partition coefficient (Wildman–Crippen LogP) is 3.91. The van der Waals surface area contributed by atoms with Crippen LogP contribution < -0.4 is 0 Å². The van der Waals surface area contributed by atoms with Gasteiger partial charge in [-0.15, -0.1) is 9.05 Å². The molecule has 0 amide bonds. The molecule has 0 rings (SSSR count). The molecule has 0 bridgehead atoms. The molecule has 14 heavy (non-hydrogen) atoms. The molecule has 0 spiro atoms. The van der Waals surface area contributed by atoms with Gasteiger partial charge in [-0.25, -0.2) is 0 Å². The van der Waals surface area contributed by atoms with Crippen molar-refractivity contribution in [1.29, 1.82) is 0 Å². The van der Waals surface area contributed by atoms with Crippen molar-refractivity contribution in [1.82, 2.24) is 0 Å². The average molecular weight is 221 g/mol. The van der Waals surface area contributed by atoms with Crippen molar-refractivity contribution in [3.05, 3.63) is 0 Å². The summed E-state index contributed by atoms with van der Waals surface area (Å²) < 4.78 is 21.0. The summed E-state index contributed by atoms with van der Waals surface area (Å²) in [4.78, 5) is 0. The van der Waals surface area contributed by atoms with Crippen LogP contribution in [0.2, 0.25) is 0 Å². The number of rotatable bonds is 9. The molecule has 0 aliphatic carbocycles. The fourth-order valence-electron chi connectivity index (χ4n) is 1.21. The highest BCUT2D eigenvalue weighted by Gasteiger charge is 2.21. The van der Waals surface area contributed by atoms with Crippen LogP contribution in [-0.4, -0.2) is 13.2 Å². The molecule has 0 heterocycles. The van der Waals surface area contributed by atoms with Crippen molar-refractivity contribution in [3.8, 4) is 0 Å². The summed E-state index contributed by atoms with van der Waals surface area (Å²) in [5.41, 5.74) is 0. The van der Waals surface area contributed by atoms with Gasteiger partial charge >= 0.3 is 8.25 Å². The minimum absolute atomic E-state index is 0.445. The SMILES string of the molecule is CCCCC(CC)CO[P+](=O)OCC. The lowest BCUT2D eigenvalue weighted by atomic mass is 10.0. The summed E-state index contributed by atoms with van der Waals surface area (Å²) in [6.45, 7) is 7.13. The monoisotopic (exact) mass is 221 g/mol. The van der Waals surface area contributed by atoms with E-state index < -0.39 is 8.25 Å². The maximum absolute atomic E-state index is 11.0. The van der Waals surface area contributed by atoms with E-state index in [2.05, 4.69) is 13.8 Å². The molecule has 84 valence electrons. The first-order chi connectivity index (χ1) is 6.74. The molecular formula is C10H22O3P+. The standard InChI is InChI=1S/C10H22O3P/c1-4-7-8-10(5-2)9-13-14(11)12-6-3/h10H,4-9H2,1-3H3/q+1. The quantitative estimate of drug-likeness (QED) is 0.554. The molecule has 0 aromatic heterocycles. The van der Waals surface area contributed by atoms with Gasteiger partial charge < -0.3 is 0 Å². The maximum Gasteiger partial charge on any atom is 0.697 e. The highest BCUT2D eigenvalue weighted by Crippen LogP contribution is 2.26. The highest BCUT2D eigenvalue weighted by atomic mass is 31.1. The Labute approximate surface area is 88.1 Å². The Morgan fingerprint density at radius 3 is 2.43 bits per heavy atom. The Morgan fingerprint density at radius 1 is 1.21 bits per heavy atom. The fourth-order valence-corrected chi connectivity index (χ4v) is 1.82. The summed E-state index contributed by atoms with van der Waals surface area (Å²) in [6, 6.07) is 0. The van der Waals surface area contributed by atoms with Crippen LogP contribution in [0.15, 0.2) is 0 Å². The fraction of sp³-hybridized carbons (Fsp3) is 1.00. The Morgan fingerprint density at radius 2 is 1.93 bits per heavy atom. The van der Waals surface area contributed by atoms with Gasteiger partial charge in [0.2, 0.25) is 0 Å². The number of hydrogen-bond acceptors (Lipinski definition) is 3. The van der Waals surface area contributed by atoms with Gasteiger partial charge in [-0.2, -0.15) is 0 Å². The van der Waals surface area contributed by atoms with E-state index >= 15 is 0 Å². The van der Waals surface area contributed by atoms with Crippen molar-refractivity contribution in [3.63, 3.8) is 0 Å². The predicted molar refractivity (Wildman–Crippen MR) is 58.5 cm³/mol. The molecule has 0 aliphatic heterocycles. The average Bonchev–Trinajstić information content (AvgIpc) is 2.19. The van der Waals surface area contributed by atoms with Crippen LogP contribution >= 0.6 is 8.25 Å². The van der Waals surface area contributed by atoms with E-state index in [0.29, 0.717) is 19.1 Å². The van der Waals surface area contributed by atoms with Gasteiger partial charge in [0.15, 0.2) is 0 Å². The molecule has 0 radical (unpaired) electrons. The molecule has 4 heteroatoms. The Hall–Kier alpha value is 0.0200. The van der Waals surface area contributed by atoms with Crippen LogP contribution in [0.4, 0.5) is 0 Å². The van der Waals surface area contributed by atoms with E-state index in [9.17, 15) is 4.57 Å². The lowest BCUT2D eigenvalue weighted by molar-refractivity contribution is 0.193. The van der Waals surface area contributed by atoms with Crippen LogP contribution in [0.5, 0.6) is 0 Å². The summed E-state index contributed by atoms with van der Waals surface area (Å²) in [5.74, 6) is 0.523. The molecule has 2 atom stereocenters. The second kappa shape index (κ2) is 9.57. The zero-order valence-electron chi connectivity index (χ0n) is 9.49. The van der Waals surface area contributed by atoms with E-state index in [4.69, 9.17) is 9.05 Å². The molecular weight excluding hydrogens is 199 g/mol. The molecule has 0 fully saturated rings. The molecule has 3 nitrogen and oxygen atoms in total. The first-order valence-electron chi connectivity index (χ1n) is 5.47. The van der Waals surface area contributed by atoms with Crippen LogP contribution in [0.3, 0.4) is 0 Å². The Balaban J connectivity index is 3.55. The number of unbranched alkanes of at least 4 members (excludes halogenated alkanes) is 1. The van der Waals surface area contributed by atoms with Crippen molar-refractivity contribution in [2.45, 2.75) is 46.5 Å². The van der Waals surface area contributed by atoms with Crippen LogP contribution in [0, 0.1) is 5.92 Å². The summed E-state index contributed by atoms with van der Waals surface area (Å²) in [6.07, 6.45) is 4.65. The Kier molecular flexibility index (Phi) is 9.58. The smallest absolute Gasteiger partial charge is 0.119 e. The third-order valence-corrected chi connectivity index (χ3v) is 3.02. The summed E-state index contributed by atoms with van der Waals surface area (Å²) in [7, 11) is -1.88. The maximum atomic E-state index is 11.0. The second-order valence-electron chi connectivity index (χ2n) is 3.35. The van der Waals surface area contributed by atoms with Crippen LogP contribution in [0.25, 0.3) is 0 Å². The van der Waals surface area contributed by atoms with Gasteiger partial charge in [-0.05, 0) is 19.3 Å². The molecule has 0 saturated heterocycles. The zero-order valence-corrected chi connectivity index (χ0v) is 10.4. The molecule has 0 aromatic carbocycles. The third kappa shape index (κ3) is 7.43. The molecule has 0 saturated carbocycles. The van der Waals surface area contributed by atoms with Crippen molar-refractivity contribution >= 4 is 8.25 Å². The van der Waals surface area contributed by atoms with E-state index in [1.807, 2.05) is 6.92 Å². The lowest BCUT2D eigenvalue weighted by Gasteiger charge is -2.09. The molecule has 0 aliphatic rings. The third-order valence-electron chi connectivity index (χ3n) is 2.19. The highest BCUT2D eigenvalue weighted by molar-refractivity contribution is 7.33. The first kappa shape index (κ1) is 14.0. The van der Waals surface area contributed by atoms with Gasteiger partial charge in [0.1, 0.15) is 13.2 Å². The van der Waals surface area contributed by atoms with Crippen LogP contribution in [-0.2, 0) is 13.6 Å². The van der Waals surface area contributed by atoms with Gasteiger partial charge in [-0.1, -0.05) is 33.1 Å². The minimum atomic E-state index is -1.88. The molecule has 0 N–H and O–H groups in total. The van der Waals surface area contributed by atoms with Gasteiger partial charge in [0, 0.05) is 4.57 Å². The molecule has 0 aromatic rings. The minimum Gasteiger partial charge on any atom is -0.119 e. The first-order valence-corrected chi connectivity index (χ1v) is 6.57. The lowest BCUT2D eigenvalue weighted by Crippen LogP contribution is -2.06. The van der Waals surface area contributed by atoms with E-state index in [0.717, 1.165) is 12.8 Å². The summed E-state index contributed by atoms with van der Waals surface area (Å²) >= 11 is 0. The van der Waals surface area contributed by atoms with Gasteiger partial charge in [0.05, 0.1) is 0 Å². The number of hydrogen-bond donors (Lipinski definition) is 0. The molecule has 2 unspecified atom stereocenters. The van der Waals surface area contributed by atoms with Crippen LogP contribution in [0.1, 0.15) is 46.5 Å². The van der Waals surface area contributed by atoms with Crippen molar-refractivity contribution in [2.24, 2.45) is 5.92 Å². The topological polar surface area (TPSA) is 35.5 Å². The van der Waals surface area contributed by atoms with Crippen molar-refractivity contribution < 1.29 is 13.6 Å². The van der Waals surface area contributed by atoms with E-state index in [1.54, 1.807) is 0 Å². The normalized spacial score (nSPS) is 14.1. The second-order valence-corrected chi connectivity index (χ2v) is 4.32. The van der Waals surface area contributed by atoms with E-state index in [-0.39, 0.29) is 0 Å². The largest absolute Gasteiger partial charge is 0.697 e.